The largest absolute Gasteiger partial charge is 0.495 e. The SMILES string of the molecule is CC.COC.COc1c(Cl)cc(Cl)c(Nc2c(C#N)cnc3c2CC=CC(OCCCN2CCN(C)CC2)=C3)c1C. The van der Waals surface area contributed by atoms with E-state index >= 15 is 0 Å². The molecule has 2 heterocycles. The molecule has 1 aromatic carbocycles. The predicted molar refractivity (Wildman–Crippen MR) is 170 cm³/mol. The van der Waals surface area contributed by atoms with Crippen LogP contribution in [0.1, 0.15) is 42.7 Å². The van der Waals surface area contributed by atoms with Crippen molar-refractivity contribution in [2.45, 2.75) is 33.6 Å². The lowest BCUT2D eigenvalue weighted by molar-refractivity contribution is 0.137. The number of ether oxygens (including phenoxy) is 3. The molecule has 8 nitrogen and oxygen atoms in total. The van der Waals surface area contributed by atoms with Gasteiger partial charge < -0.3 is 29.3 Å². The topological polar surface area (TPSA) is 82.9 Å². The van der Waals surface area contributed by atoms with E-state index in [0.29, 0.717) is 45.8 Å². The number of nitrogens with one attached hydrogen (secondary N) is 1. The molecule has 0 bridgehead atoms. The number of rotatable bonds is 8. The highest BCUT2D eigenvalue weighted by atomic mass is 35.5. The Balaban J connectivity index is 0.00000110. The number of piperazine rings is 1. The van der Waals surface area contributed by atoms with E-state index in [4.69, 9.17) is 32.7 Å². The number of hydrogen-bond donors (Lipinski definition) is 1. The molecule has 0 amide bonds. The fourth-order valence-electron chi connectivity index (χ4n) is 4.49. The first kappa shape index (κ1) is 34.4. The summed E-state index contributed by atoms with van der Waals surface area (Å²) in [4.78, 5) is 9.40. The molecule has 41 heavy (non-hydrogen) atoms. The van der Waals surface area contributed by atoms with Crippen molar-refractivity contribution in [3.05, 3.63) is 62.6 Å². The zero-order chi connectivity index (χ0) is 30.4. The van der Waals surface area contributed by atoms with Crippen molar-refractivity contribution in [1.82, 2.24) is 14.8 Å². The summed E-state index contributed by atoms with van der Waals surface area (Å²) >= 11 is 12.8. The van der Waals surface area contributed by atoms with E-state index < -0.39 is 0 Å². The van der Waals surface area contributed by atoms with Gasteiger partial charge in [-0.25, -0.2) is 0 Å². The average molecular weight is 605 g/mol. The van der Waals surface area contributed by atoms with Crippen molar-refractivity contribution in [2.75, 3.05) is 73.0 Å². The molecule has 1 aromatic heterocycles. The predicted octanol–water partition coefficient (Wildman–Crippen LogP) is 6.72. The van der Waals surface area contributed by atoms with Gasteiger partial charge in [0.15, 0.2) is 0 Å². The lowest BCUT2D eigenvalue weighted by Crippen LogP contribution is -2.44. The van der Waals surface area contributed by atoms with Crippen molar-refractivity contribution in [3.8, 4) is 11.8 Å². The van der Waals surface area contributed by atoms with E-state index in [-0.39, 0.29) is 0 Å². The summed E-state index contributed by atoms with van der Waals surface area (Å²) in [6.45, 7) is 12.0. The number of nitrogens with zero attached hydrogens (tertiary/aromatic N) is 4. The summed E-state index contributed by atoms with van der Waals surface area (Å²) in [5.74, 6) is 1.30. The van der Waals surface area contributed by atoms with Gasteiger partial charge in [-0.15, -0.1) is 0 Å². The summed E-state index contributed by atoms with van der Waals surface area (Å²) in [6, 6.07) is 3.88. The van der Waals surface area contributed by atoms with E-state index in [9.17, 15) is 5.26 Å². The van der Waals surface area contributed by atoms with Crippen LogP contribution in [-0.2, 0) is 15.9 Å². The van der Waals surface area contributed by atoms with E-state index in [1.807, 2.05) is 39.0 Å². The summed E-state index contributed by atoms with van der Waals surface area (Å²) in [7, 11) is 6.98. The van der Waals surface area contributed by atoms with E-state index in [1.165, 1.54) is 0 Å². The molecule has 2 aromatic rings. The van der Waals surface area contributed by atoms with Crippen molar-refractivity contribution in [1.29, 1.82) is 5.26 Å². The van der Waals surface area contributed by atoms with Gasteiger partial charge in [-0.3, -0.25) is 4.98 Å². The van der Waals surface area contributed by atoms with Gasteiger partial charge in [-0.1, -0.05) is 43.1 Å². The zero-order valence-electron chi connectivity index (χ0n) is 25.3. The number of benzene rings is 1. The maximum Gasteiger partial charge on any atom is 0.142 e. The summed E-state index contributed by atoms with van der Waals surface area (Å²) in [5, 5.41) is 14.0. The molecule has 224 valence electrons. The van der Waals surface area contributed by atoms with E-state index in [2.05, 4.69) is 38.0 Å². The highest BCUT2D eigenvalue weighted by molar-refractivity contribution is 6.37. The smallest absolute Gasteiger partial charge is 0.142 e. The van der Waals surface area contributed by atoms with Crippen LogP contribution in [0.4, 0.5) is 11.4 Å². The number of nitriles is 1. The molecule has 0 unspecified atom stereocenters. The highest BCUT2D eigenvalue weighted by Crippen LogP contribution is 2.41. The lowest BCUT2D eigenvalue weighted by Gasteiger charge is -2.32. The Hall–Kier alpha value is -2.80. The fourth-order valence-corrected chi connectivity index (χ4v) is 5.17. The van der Waals surface area contributed by atoms with Crippen LogP contribution >= 0.6 is 23.2 Å². The number of anilines is 2. The average Bonchev–Trinajstić information content (AvgIpc) is 3.18. The number of likely N-dealkylation sites (N-methyl/N-ethyl adjacent to an activating group) is 1. The van der Waals surface area contributed by atoms with Gasteiger partial charge in [-0.05, 0) is 39.0 Å². The van der Waals surface area contributed by atoms with E-state index in [0.717, 1.165) is 61.7 Å². The number of fused-ring (bicyclic) bond motifs is 1. The Bertz CT molecular complexity index is 1240. The van der Waals surface area contributed by atoms with Gasteiger partial charge in [0.1, 0.15) is 17.6 Å². The number of aromatic nitrogens is 1. The normalized spacial score (nSPS) is 14.7. The molecule has 1 fully saturated rings. The van der Waals surface area contributed by atoms with Crippen LogP contribution in [0.3, 0.4) is 0 Å². The number of hydrogen-bond acceptors (Lipinski definition) is 8. The van der Waals surface area contributed by atoms with Crippen LogP contribution in [0.2, 0.25) is 10.0 Å². The molecule has 0 saturated carbocycles. The van der Waals surface area contributed by atoms with Gasteiger partial charge in [0.25, 0.3) is 0 Å². The van der Waals surface area contributed by atoms with Gasteiger partial charge in [-0.2, -0.15) is 5.26 Å². The molecule has 10 heteroatoms. The van der Waals surface area contributed by atoms with Crippen LogP contribution in [0.15, 0.2) is 30.2 Å². The number of pyridine rings is 1. The molecule has 1 aliphatic carbocycles. The maximum absolute atomic E-state index is 9.80. The first-order valence-corrected chi connectivity index (χ1v) is 14.6. The molecule has 0 spiro atoms. The molecule has 4 rings (SSSR count). The van der Waals surface area contributed by atoms with Crippen molar-refractivity contribution in [3.63, 3.8) is 0 Å². The minimum Gasteiger partial charge on any atom is -0.495 e. The van der Waals surface area contributed by atoms with Gasteiger partial charge in [0.2, 0.25) is 0 Å². The Morgan fingerprint density at radius 1 is 1.07 bits per heavy atom. The second kappa shape index (κ2) is 17.9. The fraction of sp³-hybridized carbons (Fsp3) is 0.484. The first-order chi connectivity index (χ1) is 19.8. The van der Waals surface area contributed by atoms with Crippen molar-refractivity contribution >= 4 is 40.7 Å². The lowest BCUT2D eigenvalue weighted by atomic mass is 10.0. The molecule has 0 atom stereocenters. The maximum atomic E-state index is 9.80. The number of allylic oxidation sites excluding steroid dienone is 2. The Morgan fingerprint density at radius 2 is 1.76 bits per heavy atom. The summed E-state index contributed by atoms with van der Waals surface area (Å²) in [6.07, 6.45) is 9.06. The Labute approximate surface area is 255 Å². The quantitative estimate of drug-likeness (QED) is 0.333. The first-order valence-electron chi connectivity index (χ1n) is 13.9. The molecule has 2 aliphatic rings. The molecular weight excluding hydrogens is 561 g/mol. The standard InChI is InChI=1S/C27H31Cl2N5O2.C2H6O.C2H6/c1-18-25(22(28)15-23(29)27(18)35-3)32-26-19(16-30)17-31-24-14-20(6-4-7-21(24)26)36-13-5-8-34-11-9-33(2)10-12-34;1-3-2;1-2/h4,6,14-15,17H,5,7-13H2,1-3H3,(H,31,32);1-2H3;1-2H3. The van der Waals surface area contributed by atoms with Gasteiger partial charge in [0.05, 0.1) is 46.4 Å². The van der Waals surface area contributed by atoms with Crippen LogP contribution < -0.4 is 10.1 Å². The van der Waals surface area contributed by atoms with Gasteiger partial charge in [0, 0.05) is 70.3 Å². The molecule has 1 N–H and O–H groups in total. The number of halogens is 2. The summed E-state index contributed by atoms with van der Waals surface area (Å²) in [5.41, 5.74) is 4.13. The molecular formula is C31H43Cl2N5O3. The molecule has 1 aliphatic heterocycles. The zero-order valence-corrected chi connectivity index (χ0v) is 26.8. The monoisotopic (exact) mass is 603 g/mol. The third kappa shape index (κ3) is 9.63. The van der Waals surface area contributed by atoms with Gasteiger partial charge >= 0.3 is 0 Å². The Kier molecular flexibility index (Phi) is 15.0. The minimum atomic E-state index is 0.427. The third-order valence-corrected chi connectivity index (χ3v) is 7.16. The second-order valence-electron chi connectivity index (χ2n) is 9.43. The van der Waals surface area contributed by atoms with Crippen molar-refractivity contribution < 1.29 is 14.2 Å². The van der Waals surface area contributed by atoms with Crippen LogP contribution in [0.25, 0.3) is 6.08 Å². The van der Waals surface area contributed by atoms with Crippen LogP contribution in [0, 0.1) is 18.3 Å². The molecule has 0 radical (unpaired) electrons. The van der Waals surface area contributed by atoms with Crippen LogP contribution in [0.5, 0.6) is 5.75 Å². The number of methoxy groups -OCH3 is 2. The third-order valence-electron chi connectivity index (χ3n) is 6.58. The minimum absolute atomic E-state index is 0.427. The second-order valence-corrected chi connectivity index (χ2v) is 10.2. The summed E-state index contributed by atoms with van der Waals surface area (Å²) < 4.78 is 15.8. The van der Waals surface area contributed by atoms with Crippen molar-refractivity contribution in [2.24, 2.45) is 0 Å². The molecule has 1 saturated heterocycles. The Morgan fingerprint density at radius 3 is 2.39 bits per heavy atom. The van der Waals surface area contributed by atoms with E-state index in [1.54, 1.807) is 33.6 Å². The highest BCUT2D eigenvalue weighted by Gasteiger charge is 2.20. The van der Waals surface area contributed by atoms with Crippen LogP contribution in [-0.4, -0.2) is 82.5 Å².